The molecule has 0 bridgehead atoms. The van der Waals surface area contributed by atoms with E-state index in [0.717, 1.165) is 45.2 Å². The fraction of sp³-hybridized carbons (Fsp3) is 0.300. The van der Waals surface area contributed by atoms with Gasteiger partial charge in [0.05, 0.1) is 21.0 Å². The Bertz CT molecular complexity index is 981. The molecule has 0 fully saturated rings. The van der Waals surface area contributed by atoms with E-state index in [9.17, 15) is 4.79 Å². The number of aryl methyl sites for hydroxylation is 1. The molecule has 2 aromatic heterocycles. The van der Waals surface area contributed by atoms with Gasteiger partial charge in [0, 0.05) is 29.7 Å². The van der Waals surface area contributed by atoms with Crippen molar-refractivity contribution in [2.24, 2.45) is 0 Å². The van der Waals surface area contributed by atoms with E-state index in [2.05, 4.69) is 60.8 Å². The molecule has 3 heterocycles. The minimum absolute atomic E-state index is 0.155. The maximum Gasteiger partial charge on any atom is 0.241 e. The molecule has 0 N–H and O–H groups in total. The monoisotopic (exact) mass is 461 g/mol. The van der Waals surface area contributed by atoms with Gasteiger partial charge in [-0.1, -0.05) is 6.07 Å². The van der Waals surface area contributed by atoms with Crippen LogP contribution >= 0.6 is 38.6 Å². The standard InChI is InChI=1S/C20H20BrN3OS2/c1-13-22-17(12-26-13)15-3-4-18-16(8-15)5-6-24(18)20(25)10-23(2)9-14-7-19(21)27-11-14/h3-4,7-8,11-12H,5-6,9-10H2,1-2H3. The number of amides is 1. The fourth-order valence-electron chi connectivity index (χ4n) is 3.43. The van der Waals surface area contributed by atoms with Crippen molar-refractivity contribution >= 4 is 50.2 Å². The lowest BCUT2D eigenvalue weighted by Gasteiger charge is -2.22. The van der Waals surface area contributed by atoms with Crippen LogP contribution in [-0.2, 0) is 17.8 Å². The van der Waals surface area contributed by atoms with Crippen LogP contribution in [0.5, 0.6) is 0 Å². The van der Waals surface area contributed by atoms with Crippen molar-refractivity contribution in [3.63, 3.8) is 0 Å². The van der Waals surface area contributed by atoms with Crippen molar-refractivity contribution in [3.05, 3.63) is 54.9 Å². The largest absolute Gasteiger partial charge is 0.311 e. The van der Waals surface area contributed by atoms with Crippen LogP contribution in [0.4, 0.5) is 5.69 Å². The number of carbonyl (C=O) groups is 1. The Morgan fingerprint density at radius 3 is 2.85 bits per heavy atom. The number of benzene rings is 1. The first-order valence-electron chi connectivity index (χ1n) is 8.77. The fourth-order valence-corrected chi connectivity index (χ4v) is 5.25. The number of thiophene rings is 1. The molecule has 4 nitrogen and oxygen atoms in total. The van der Waals surface area contributed by atoms with Gasteiger partial charge in [-0.3, -0.25) is 9.69 Å². The summed E-state index contributed by atoms with van der Waals surface area (Å²) in [6.45, 7) is 3.97. The molecule has 0 saturated heterocycles. The first-order chi connectivity index (χ1) is 13.0. The van der Waals surface area contributed by atoms with Crippen LogP contribution in [0.1, 0.15) is 16.1 Å². The number of halogens is 1. The van der Waals surface area contributed by atoms with Crippen LogP contribution in [0, 0.1) is 6.92 Å². The number of aromatic nitrogens is 1. The maximum atomic E-state index is 12.8. The van der Waals surface area contributed by atoms with Gasteiger partial charge in [-0.2, -0.15) is 0 Å². The summed E-state index contributed by atoms with van der Waals surface area (Å²) >= 11 is 6.83. The lowest BCUT2D eigenvalue weighted by molar-refractivity contribution is -0.119. The van der Waals surface area contributed by atoms with Gasteiger partial charge in [0.25, 0.3) is 0 Å². The van der Waals surface area contributed by atoms with Gasteiger partial charge < -0.3 is 4.90 Å². The second-order valence-corrected chi connectivity index (χ2v) is 10.2. The first-order valence-corrected chi connectivity index (χ1v) is 11.3. The molecule has 0 radical (unpaired) electrons. The molecule has 27 heavy (non-hydrogen) atoms. The van der Waals surface area contributed by atoms with E-state index < -0.39 is 0 Å². The summed E-state index contributed by atoms with van der Waals surface area (Å²) in [5.74, 6) is 0.155. The number of fused-ring (bicyclic) bond motifs is 1. The molecule has 0 unspecified atom stereocenters. The van der Waals surface area contributed by atoms with Crippen molar-refractivity contribution < 1.29 is 4.79 Å². The van der Waals surface area contributed by atoms with E-state index in [-0.39, 0.29) is 5.91 Å². The molecular formula is C20H20BrN3OS2. The molecule has 0 aliphatic carbocycles. The van der Waals surface area contributed by atoms with Crippen LogP contribution in [0.25, 0.3) is 11.3 Å². The summed E-state index contributed by atoms with van der Waals surface area (Å²) in [5.41, 5.74) is 5.66. The summed E-state index contributed by atoms with van der Waals surface area (Å²) in [5, 5.41) is 5.29. The molecule has 0 atom stereocenters. The topological polar surface area (TPSA) is 36.4 Å². The number of likely N-dealkylation sites (N-methyl/N-ethyl adjacent to an activating group) is 1. The molecule has 4 rings (SSSR count). The minimum Gasteiger partial charge on any atom is -0.311 e. The number of nitrogens with zero attached hydrogens (tertiary/aromatic N) is 3. The van der Waals surface area contributed by atoms with Gasteiger partial charge in [-0.25, -0.2) is 4.98 Å². The highest BCUT2D eigenvalue weighted by Gasteiger charge is 2.25. The van der Waals surface area contributed by atoms with Gasteiger partial charge in [0.1, 0.15) is 0 Å². The first kappa shape index (κ1) is 18.8. The molecule has 0 saturated carbocycles. The van der Waals surface area contributed by atoms with Crippen LogP contribution in [0.15, 0.2) is 38.8 Å². The molecule has 1 aliphatic heterocycles. The average molecular weight is 462 g/mol. The van der Waals surface area contributed by atoms with Gasteiger partial charge in [-0.15, -0.1) is 22.7 Å². The third-order valence-electron chi connectivity index (χ3n) is 4.67. The van der Waals surface area contributed by atoms with E-state index in [1.165, 1.54) is 11.1 Å². The second kappa shape index (κ2) is 7.83. The highest BCUT2D eigenvalue weighted by molar-refractivity contribution is 9.11. The summed E-state index contributed by atoms with van der Waals surface area (Å²) < 4.78 is 1.12. The lowest BCUT2D eigenvalue weighted by atomic mass is 10.1. The normalized spacial score (nSPS) is 13.4. The van der Waals surface area contributed by atoms with Crippen molar-refractivity contribution in [1.82, 2.24) is 9.88 Å². The van der Waals surface area contributed by atoms with E-state index in [1.54, 1.807) is 22.7 Å². The molecule has 1 aliphatic rings. The predicted octanol–water partition coefficient (Wildman–Crippen LogP) is 4.96. The Hall–Kier alpha value is -1.54. The Kier molecular flexibility index (Phi) is 5.45. The molecule has 7 heteroatoms. The van der Waals surface area contributed by atoms with E-state index in [1.807, 2.05) is 18.9 Å². The summed E-state index contributed by atoms with van der Waals surface area (Å²) in [4.78, 5) is 21.4. The Morgan fingerprint density at radius 2 is 2.15 bits per heavy atom. The SMILES string of the molecule is Cc1nc(-c2ccc3c(c2)CCN3C(=O)CN(C)Cc2csc(Br)c2)cs1. The lowest BCUT2D eigenvalue weighted by Crippen LogP contribution is -2.37. The van der Waals surface area contributed by atoms with E-state index in [0.29, 0.717) is 6.54 Å². The summed E-state index contributed by atoms with van der Waals surface area (Å²) in [6, 6.07) is 8.44. The second-order valence-electron chi connectivity index (χ2n) is 6.82. The van der Waals surface area contributed by atoms with Gasteiger partial charge >= 0.3 is 0 Å². The van der Waals surface area contributed by atoms with Crippen LogP contribution < -0.4 is 4.90 Å². The minimum atomic E-state index is 0.155. The maximum absolute atomic E-state index is 12.8. The predicted molar refractivity (Wildman–Crippen MR) is 117 cm³/mol. The van der Waals surface area contributed by atoms with Gasteiger partial charge in [-0.05, 0) is 71.0 Å². The van der Waals surface area contributed by atoms with Crippen molar-refractivity contribution in [3.8, 4) is 11.3 Å². The van der Waals surface area contributed by atoms with E-state index in [4.69, 9.17) is 0 Å². The zero-order valence-corrected chi connectivity index (χ0v) is 18.5. The summed E-state index contributed by atoms with van der Waals surface area (Å²) in [6.07, 6.45) is 0.902. The quantitative estimate of drug-likeness (QED) is 0.538. The van der Waals surface area contributed by atoms with Gasteiger partial charge in [0.2, 0.25) is 5.91 Å². The van der Waals surface area contributed by atoms with E-state index >= 15 is 0 Å². The average Bonchev–Trinajstić information content (AvgIpc) is 3.34. The Labute approximate surface area is 175 Å². The van der Waals surface area contributed by atoms with Crippen molar-refractivity contribution in [1.29, 1.82) is 0 Å². The van der Waals surface area contributed by atoms with Crippen LogP contribution in [-0.4, -0.2) is 35.9 Å². The third kappa shape index (κ3) is 4.16. The highest BCUT2D eigenvalue weighted by atomic mass is 79.9. The number of anilines is 1. The van der Waals surface area contributed by atoms with Crippen molar-refractivity contribution in [2.45, 2.75) is 19.9 Å². The Morgan fingerprint density at radius 1 is 1.30 bits per heavy atom. The summed E-state index contributed by atoms with van der Waals surface area (Å²) in [7, 11) is 1.99. The molecule has 1 amide bonds. The van der Waals surface area contributed by atoms with Crippen LogP contribution in [0.3, 0.4) is 0 Å². The van der Waals surface area contributed by atoms with Crippen molar-refractivity contribution in [2.75, 3.05) is 25.0 Å². The number of hydrogen-bond donors (Lipinski definition) is 0. The van der Waals surface area contributed by atoms with Gasteiger partial charge in [0.15, 0.2) is 0 Å². The highest BCUT2D eigenvalue weighted by Crippen LogP contribution is 2.33. The number of rotatable bonds is 5. The smallest absolute Gasteiger partial charge is 0.241 e. The molecule has 0 spiro atoms. The molecule has 1 aromatic carbocycles. The molecule has 3 aromatic rings. The zero-order valence-electron chi connectivity index (χ0n) is 15.2. The third-order valence-corrected chi connectivity index (χ3v) is 7.00. The number of carbonyl (C=O) groups excluding carboxylic acids is 1. The molecular weight excluding hydrogens is 442 g/mol. The number of thiazole rings is 1. The number of hydrogen-bond acceptors (Lipinski definition) is 5. The van der Waals surface area contributed by atoms with Crippen LogP contribution in [0.2, 0.25) is 0 Å². The zero-order chi connectivity index (χ0) is 19.0. The molecule has 140 valence electrons. The Balaban J connectivity index is 1.44.